The fourth-order valence-corrected chi connectivity index (χ4v) is 3.68. The smallest absolute Gasteiger partial charge is 0.384 e. The Bertz CT molecular complexity index is 949. The lowest BCUT2D eigenvalue weighted by Gasteiger charge is -2.24. The molecule has 1 aliphatic rings. The van der Waals surface area contributed by atoms with Crippen LogP contribution in [-0.4, -0.2) is 47.4 Å². The van der Waals surface area contributed by atoms with E-state index >= 15 is 0 Å². The van der Waals surface area contributed by atoms with Crippen molar-refractivity contribution in [2.75, 3.05) is 19.3 Å². The molecule has 3 rings (SSSR count). The lowest BCUT2D eigenvalue weighted by Crippen LogP contribution is -2.52. The number of anilines is 1. The molecular weight excluding hydrogens is 423 g/mol. The Hall–Kier alpha value is -3.14. The van der Waals surface area contributed by atoms with Crippen molar-refractivity contribution in [2.45, 2.75) is 44.1 Å². The Morgan fingerprint density at radius 2 is 2.03 bits per heavy atom. The third kappa shape index (κ3) is 6.19. The number of likely N-dealkylation sites (tertiary alicyclic amines) is 1. The summed E-state index contributed by atoms with van der Waals surface area (Å²) in [6, 6.07) is 6.68. The number of alkyl halides is 3. The number of aromatic nitrogens is 1. The second kappa shape index (κ2) is 9.99. The van der Waals surface area contributed by atoms with Gasteiger partial charge < -0.3 is 16.4 Å². The molecule has 2 aromatic rings. The number of rotatable bonds is 7. The lowest BCUT2D eigenvalue weighted by atomic mass is 10.0. The number of nitrogens with zero attached hydrogens (tertiary/aromatic N) is 2. The van der Waals surface area contributed by atoms with Gasteiger partial charge in [-0.3, -0.25) is 14.5 Å². The number of halogens is 3. The molecule has 0 spiro atoms. The van der Waals surface area contributed by atoms with Gasteiger partial charge in [-0.15, -0.1) is 0 Å². The van der Waals surface area contributed by atoms with Gasteiger partial charge in [0.05, 0.1) is 11.6 Å². The molecule has 172 valence electrons. The SMILES string of the molecule is CN1CCC[C@@H]1C(=O)N[C@@H](Cc1cccc(C(F)(F)F)c1)C(=O)NCc1ccc(N)nc1. The van der Waals surface area contributed by atoms with Crippen molar-refractivity contribution in [1.29, 1.82) is 0 Å². The van der Waals surface area contributed by atoms with Gasteiger partial charge in [-0.2, -0.15) is 13.2 Å². The van der Waals surface area contributed by atoms with E-state index in [1.807, 2.05) is 11.9 Å². The number of pyridine rings is 1. The van der Waals surface area contributed by atoms with Gasteiger partial charge in [0.15, 0.2) is 0 Å². The van der Waals surface area contributed by atoms with Gasteiger partial charge in [-0.25, -0.2) is 4.98 Å². The van der Waals surface area contributed by atoms with E-state index in [4.69, 9.17) is 5.73 Å². The first-order chi connectivity index (χ1) is 15.1. The number of hydrogen-bond donors (Lipinski definition) is 3. The number of amides is 2. The number of carbonyl (C=O) groups is 2. The van der Waals surface area contributed by atoms with E-state index in [1.165, 1.54) is 18.3 Å². The van der Waals surface area contributed by atoms with Gasteiger partial charge in [-0.05, 0) is 49.7 Å². The molecule has 10 heteroatoms. The third-order valence-corrected chi connectivity index (χ3v) is 5.46. The summed E-state index contributed by atoms with van der Waals surface area (Å²) in [7, 11) is 1.83. The molecule has 0 saturated carbocycles. The van der Waals surface area contributed by atoms with Crippen molar-refractivity contribution < 1.29 is 22.8 Å². The predicted octanol–water partition coefficient (Wildman–Crippen LogP) is 2.12. The standard InChI is InChI=1S/C22H26F3N5O2/c1-30-9-3-6-18(30)21(32)29-17(11-14-4-2-5-16(10-14)22(23,24)25)20(31)28-13-15-7-8-19(26)27-12-15/h2,4-5,7-8,10,12,17-18H,3,6,9,11,13H2,1H3,(H2,26,27)(H,28,31)(H,29,32)/t17-,18+/m0/s1. The molecule has 0 unspecified atom stereocenters. The molecule has 32 heavy (non-hydrogen) atoms. The highest BCUT2D eigenvalue weighted by Gasteiger charge is 2.33. The Kier molecular flexibility index (Phi) is 7.34. The van der Waals surface area contributed by atoms with Crippen LogP contribution in [-0.2, 0) is 28.7 Å². The van der Waals surface area contributed by atoms with Gasteiger partial charge in [-0.1, -0.05) is 24.3 Å². The molecule has 2 atom stereocenters. The van der Waals surface area contributed by atoms with Crippen LogP contribution in [0.3, 0.4) is 0 Å². The predicted molar refractivity (Wildman–Crippen MR) is 113 cm³/mol. The van der Waals surface area contributed by atoms with E-state index in [1.54, 1.807) is 12.1 Å². The normalized spacial score (nSPS) is 17.7. The number of carbonyl (C=O) groups excluding carboxylic acids is 2. The molecule has 0 bridgehead atoms. The zero-order valence-corrected chi connectivity index (χ0v) is 17.7. The quantitative estimate of drug-likeness (QED) is 0.601. The number of hydrogen-bond acceptors (Lipinski definition) is 5. The summed E-state index contributed by atoms with van der Waals surface area (Å²) in [6.07, 6.45) is -1.52. The van der Waals surface area contributed by atoms with Crippen molar-refractivity contribution in [3.63, 3.8) is 0 Å². The second-order valence-electron chi connectivity index (χ2n) is 7.91. The van der Waals surface area contributed by atoms with Crippen LogP contribution in [0.1, 0.15) is 29.5 Å². The molecule has 1 aromatic heterocycles. The molecule has 2 amide bonds. The van der Waals surface area contributed by atoms with E-state index in [9.17, 15) is 22.8 Å². The van der Waals surface area contributed by atoms with Crippen molar-refractivity contribution in [1.82, 2.24) is 20.5 Å². The summed E-state index contributed by atoms with van der Waals surface area (Å²) in [5.74, 6) is -0.463. The maximum Gasteiger partial charge on any atom is 0.416 e. The lowest BCUT2D eigenvalue weighted by molar-refractivity contribution is -0.137. The number of benzene rings is 1. The van der Waals surface area contributed by atoms with Gasteiger partial charge in [0, 0.05) is 19.2 Å². The number of likely N-dealkylation sites (N-methyl/N-ethyl adjacent to an activating group) is 1. The van der Waals surface area contributed by atoms with Crippen molar-refractivity contribution in [3.8, 4) is 0 Å². The molecule has 2 heterocycles. The van der Waals surface area contributed by atoms with E-state index < -0.39 is 23.7 Å². The Morgan fingerprint density at radius 3 is 2.66 bits per heavy atom. The average Bonchev–Trinajstić information content (AvgIpc) is 3.18. The van der Waals surface area contributed by atoms with Crippen LogP contribution in [0.25, 0.3) is 0 Å². The van der Waals surface area contributed by atoms with Crippen LogP contribution >= 0.6 is 0 Å². The average molecular weight is 449 g/mol. The summed E-state index contributed by atoms with van der Waals surface area (Å²) in [6.45, 7) is 0.914. The van der Waals surface area contributed by atoms with E-state index in [-0.39, 0.29) is 24.9 Å². The maximum absolute atomic E-state index is 13.1. The van der Waals surface area contributed by atoms with Crippen molar-refractivity contribution in [3.05, 3.63) is 59.3 Å². The van der Waals surface area contributed by atoms with Crippen molar-refractivity contribution >= 4 is 17.6 Å². The fourth-order valence-electron chi connectivity index (χ4n) is 3.68. The molecule has 1 aliphatic heterocycles. The molecule has 1 aromatic carbocycles. The highest BCUT2D eigenvalue weighted by molar-refractivity contribution is 5.90. The zero-order chi connectivity index (χ0) is 23.3. The maximum atomic E-state index is 13.1. The molecule has 7 nitrogen and oxygen atoms in total. The summed E-state index contributed by atoms with van der Waals surface area (Å²) in [5.41, 5.74) is 5.75. The van der Waals surface area contributed by atoms with E-state index in [2.05, 4.69) is 15.6 Å². The number of nitrogens with one attached hydrogen (secondary N) is 2. The topological polar surface area (TPSA) is 100 Å². The zero-order valence-electron chi connectivity index (χ0n) is 17.7. The van der Waals surface area contributed by atoms with E-state index in [0.717, 1.165) is 25.1 Å². The molecular formula is C22H26F3N5O2. The third-order valence-electron chi connectivity index (χ3n) is 5.46. The Morgan fingerprint density at radius 1 is 1.25 bits per heavy atom. The summed E-state index contributed by atoms with van der Waals surface area (Å²) in [5, 5.41) is 5.45. The van der Waals surface area contributed by atoms with Gasteiger partial charge in [0.2, 0.25) is 11.8 Å². The Labute approximate surface area is 184 Å². The van der Waals surface area contributed by atoms with Crippen LogP contribution in [0.4, 0.5) is 19.0 Å². The number of nitrogen functional groups attached to an aromatic ring is 1. The second-order valence-corrected chi connectivity index (χ2v) is 7.91. The van der Waals surface area contributed by atoms with Crippen LogP contribution in [0.15, 0.2) is 42.6 Å². The Balaban J connectivity index is 1.74. The van der Waals surface area contributed by atoms with E-state index in [0.29, 0.717) is 23.4 Å². The molecule has 4 N–H and O–H groups in total. The van der Waals surface area contributed by atoms with Gasteiger partial charge in [0.25, 0.3) is 0 Å². The van der Waals surface area contributed by atoms with Gasteiger partial charge >= 0.3 is 6.18 Å². The minimum Gasteiger partial charge on any atom is -0.384 e. The fraction of sp³-hybridized carbons (Fsp3) is 0.409. The van der Waals surface area contributed by atoms with Crippen LogP contribution in [0, 0.1) is 0 Å². The van der Waals surface area contributed by atoms with Crippen LogP contribution in [0.2, 0.25) is 0 Å². The minimum absolute atomic E-state index is 0.0715. The molecule has 0 radical (unpaired) electrons. The monoisotopic (exact) mass is 449 g/mol. The first-order valence-electron chi connectivity index (χ1n) is 10.3. The molecule has 1 fully saturated rings. The van der Waals surface area contributed by atoms with Gasteiger partial charge in [0.1, 0.15) is 11.9 Å². The van der Waals surface area contributed by atoms with Crippen LogP contribution < -0.4 is 16.4 Å². The largest absolute Gasteiger partial charge is 0.416 e. The first-order valence-corrected chi connectivity index (χ1v) is 10.3. The number of nitrogens with two attached hydrogens (primary N) is 1. The minimum atomic E-state index is -4.49. The molecule has 0 aliphatic carbocycles. The summed E-state index contributed by atoms with van der Waals surface area (Å²) >= 11 is 0. The summed E-state index contributed by atoms with van der Waals surface area (Å²) in [4.78, 5) is 31.5. The summed E-state index contributed by atoms with van der Waals surface area (Å²) < 4.78 is 39.3. The van der Waals surface area contributed by atoms with Crippen molar-refractivity contribution in [2.24, 2.45) is 0 Å². The molecule has 1 saturated heterocycles. The van der Waals surface area contributed by atoms with Crippen LogP contribution in [0.5, 0.6) is 0 Å². The first kappa shape index (κ1) is 23.5. The highest BCUT2D eigenvalue weighted by atomic mass is 19.4. The highest BCUT2D eigenvalue weighted by Crippen LogP contribution is 2.29.